The van der Waals surface area contributed by atoms with Crippen LogP contribution >= 0.6 is 0 Å². The molecule has 0 aliphatic heterocycles. The van der Waals surface area contributed by atoms with Crippen LogP contribution in [0.15, 0.2) is 0 Å². The average molecular weight is 196 g/mol. The van der Waals surface area contributed by atoms with Gasteiger partial charge in [-0.05, 0) is 44.4 Å². The lowest BCUT2D eigenvalue weighted by molar-refractivity contribution is -0.135. The molecule has 2 fully saturated rings. The monoisotopic (exact) mass is 196 g/mol. The Kier molecular flexibility index (Phi) is 2.42. The largest absolute Gasteiger partial charge is 0.392 e. The first-order valence-corrected chi connectivity index (χ1v) is 5.78. The first-order valence-electron chi connectivity index (χ1n) is 5.78. The molecule has 0 amide bonds. The fraction of sp³-hybridized carbons (Fsp3) is 0.917. The Labute approximate surface area is 85.7 Å². The lowest BCUT2D eigenvalue weighted by atomic mass is 9.70. The molecule has 0 heterocycles. The fourth-order valence-corrected chi connectivity index (χ4v) is 3.51. The third kappa shape index (κ3) is 1.23. The molecule has 2 saturated carbocycles. The maximum absolute atomic E-state index is 12.0. The van der Waals surface area contributed by atoms with E-state index in [2.05, 4.69) is 6.92 Å². The van der Waals surface area contributed by atoms with Crippen molar-refractivity contribution in [2.24, 2.45) is 17.3 Å². The molecule has 2 heteroatoms. The van der Waals surface area contributed by atoms with Gasteiger partial charge in [-0.3, -0.25) is 4.79 Å². The van der Waals surface area contributed by atoms with Gasteiger partial charge in [-0.2, -0.15) is 0 Å². The van der Waals surface area contributed by atoms with Crippen molar-refractivity contribution in [2.45, 2.75) is 52.1 Å². The van der Waals surface area contributed by atoms with E-state index in [1.807, 2.05) is 6.92 Å². The van der Waals surface area contributed by atoms with Gasteiger partial charge in [0, 0.05) is 6.42 Å². The summed E-state index contributed by atoms with van der Waals surface area (Å²) in [7, 11) is 0. The summed E-state index contributed by atoms with van der Waals surface area (Å²) in [5, 5.41) is 9.98. The van der Waals surface area contributed by atoms with Gasteiger partial charge in [-0.15, -0.1) is 0 Å². The molecule has 0 bridgehead atoms. The Morgan fingerprint density at radius 3 is 2.79 bits per heavy atom. The van der Waals surface area contributed by atoms with Crippen LogP contribution in [0.3, 0.4) is 0 Å². The predicted octanol–water partition coefficient (Wildman–Crippen LogP) is 2.15. The zero-order chi connectivity index (χ0) is 10.3. The van der Waals surface area contributed by atoms with Crippen molar-refractivity contribution in [1.82, 2.24) is 0 Å². The highest BCUT2D eigenvalue weighted by atomic mass is 16.3. The molecule has 0 unspecified atom stereocenters. The summed E-state index contributed by atoms with van der Waals surface area (Å²) in [6, 6.07) is 0. The number of hydrogen-bond acceptors (Lipinski definition) is 2. The number of carbonyl (C=O) groups is 1. The van der Waals surface area contributed by atoms with Gasteiger partial charge in [-0.25, -0.2) is 0 Å². The normalized spacial score (nSPS) is 48.8. The molecule has 2 aliphatic rings. The molecular formula is C12H20O2. The van der Waals surface area contributed by atoms with Crippen molar-refractivity contribution in [2.75, 3.05) is 0 Å². The minimum absolute atomic E-state index is 0.303. The van der Waals surface area contributed by atoms with E-state index in [4.69, 9.17) is 0 Å². The number of aliphatic hydroxyl groups excluding tert-OH is 1. The molecule has 0 aromatic rings. The van der Waals surface area contributed by atoms with Crippen LogP contribution in [-0.4, -0.2) is 17.0 Å². The summed E-state index contributed by atoms with van der Waals surface area (Å²) in [6.45, 7) is 4.22. The molecule has 0 radical (unpaired) electrons. The second-order valence-electron chi connectivity index (χ2n) is 5.28. The smallest absolute Gasteiger partial charge is 0.141 e. The molecule has 2 aliphatic carbocycles. The predicted molar refractivity (Wildman–Crippen MR) is 54.9 cm³/mol. The molecule has 1 N–H and O–H groups in total. The molecule has 14 heavy (non-hydrogen) atoms. The van der Waals surface area contributed by atoms with Gasteiger partial charge in [0.2, 0.25) is 0 Å². The zero-order valence-corrected chi connectivity index (χ0v) is 9.12. The Morgan fingerprint density at radius 2 is 2.07 bits per heavy atom. The van der Waals surface area contributed by atoms with Gasteiger partial charge in [0.25, 0.3) is 0 Å². The SMILES string of the molecule is C[C@H]1CCCC(=O)[C@@]2(C)[C@@H]1CC[C@@H]2O. The number of carbonyl (C=O) groups excluding carboxylic acids is 1. The van der Waals surface area contributed by atoms with E-state index in [-0.39, 0.29) is 6.10 Å². The highest BCUT2D eigenvalue weighted by Crippen LogP contribution is 2.51. The van der Waals surface area contributed by atoms with E-state index >= 15 is 0 Å². The molecule has 0 aromatic heterocycles. The summed E-state index contributed by atoms with van der Waals surface area (Å²) in [5.41, 5.74) is -0.421. The average Bonchev–Trinajstić information content (AvgIpc) is 2.39. The molecule has 0 spiro atoms. The number of hydrogen-bond donors (Lipinski definition) is 1. The third-order valence-corrected chi connectivity index (χ3v) is 4.56. The second-order valence-corrected chi connectivity index (χ2v) is 5.28. The van der Waals surface area contributed by atoms with E-state index in [0.29, 0.717) is 24.0 Å². The molecule has 2 nitrogen and oxygen atoms in total. The van der Waals surface area contributed by atoms with Crippen LogP contribution in [0.2, 0.25) is 0 Å². The van der Waals surface area contributed by atoms with Crippen LogP contribution in [0.4, 0.5) is 0 Å². The summed E-state index contributed by atoms with van der Waals surface area (Å²) >= 11 is 0. The number of ketones is 1. The lowest BCUT2D eigenvalue weighted by Gasteiger charge is -2.34. The standard InChI is InChI=1S/C12H20O2/c1-8-4-3-5-10(13)12(2)9(8)6-7-11(12)14/h8-9,11,14H,3-7H2,1-2H3/t8-,9+,11-,12+/m0/s1. The summed E-state index contributed by atoms with van der Waals surface area (Å²) in [5.74, 6) is 1.33. The summed E-state index contributed by atoms with van der Waals surface area (Å²) in [4.78, 5) is 12.0. The van der Waals surface area contributed by atoms with Gasteiger partial charge in [0.1, 0.15) is 5.78 Å². The third-order valence-electron chi connectivity index (χ3n) is 4.56. The van der Waals surface area contributed by atoms with Crippen molar-refractivity contribution in [1.29, 1.82) is 0 Å². The molecule has 80 valence electrons. The Bertz CT molecular complexity index is 249. The number of rotatable bonds is 0. The number of Topliss-reactive ketones (excluding diaryl/α,β-unsaturated/α-hetero) is 1. The maximum atomic E-state index is 12.0. The van der Waals surface area contributed by atoms with Crippen LogP contribution in [-0.2, 0) is 4.79 Å². The van der Waals surface area contributed by atoms with Crippen molar-refractivity contribution in [3.63, 3.8) is 0 Å². The van der Waals surface area contributed by atoms with Crippen molar-refractivity contribution >= 4 is 5.78 Å². The van der Waals surface area contributed by atoms with Crippen LogP contribution < -0.4 is 0 Å². The molecule has 0 saturated heterocycles. The van der Waals surface area contributed by atoms with Gasteiger partial charge in [0.15, 0.2) is 0 Å². The first-order chi connectivity index (χ1) is 6.56. The van der Waals surface area contributed by atoms with Crippen LogP contribution in [0.5, 0.6) is 0 Å². The highest BCUT2D eigenvalue weighted by molar-refractivity contribution is 5.86. The Hall–Kier alpha value is -0.370. The van der Waals surface area contributed by atoms with Crippen LogP contribution in [0.25, 0.3) is 0 Å². The quantitative estimate of drug-likeness (QED) is 0.644. The first kappa shape index (κ1) is 10.2. The van der Waals surface area contributed by atoms with Crippen LogP contribution in [0.1, 0.15) is 46.0 Å². The molecule has 0 aromatic carbocycles. The van der Waals surface area contributed by atoms with Gasteiger partial charge >= 0.3 is 0 Å². The van der Waals surface area contributed by atoms with Crippen molar-refractivity contribution < 1.29 is 9.90 Å². The van der Waals surface area contributed by atoms with Gasteiger partial charge in [0.05, 0.1) is 11.5 Å². The zero-order valence-electron chi connectivity index (χ0n) is 9.12. The lowest BCUT2D eigenvalue weighted by Crippen LogP contribution is -2.41. The number of aliphatic hydroxyl groups is 1. The molecule has 4 atom stereocenters. The van der Waals surface area contributed by atoms with E-state index in [0.717, 1.165) is 25.7 Å². The maximum Gasteiger partial charge on any atom is 0.141 e. The minimum atomic E-state index is -0.421. The summed E-state index contributed by atoms with van der Waals surface area (Å²) < 4.78 is 0. The van der Waals surface area contributed by atoms with Crippen molar-refractivity contribution in [3.8, 4) is 0 Å². The van der Waals surface area contributed by atoms with Gasteiger partial charge in [-0.1, -0.05) is 6.92 Å². The van der Waals surface area contributed by atoms with Crippen LogP contribution in [0, 0.1) is 17.3 Å². The van der Waals surface area contributed by atoms with E-state index in [1.54, 1.807) is 0 Å². The van der Waals surface area contributed by atoms with Crippen molar-refractivity contribution in [3.05, 3.63) is 0 Å². The fourth-order valence-electron chi connectivity index (χ4n) is 3.51. The topological polar surface area (TPSA) is 37.3 Å². The van der Waals surface area contributed by atoms with E-state index in [1.165, 1.54) is 0 Å². The van der Waals surface area contributed by atoms with E-state index in [9.17, 15) is 9.90 Å². The van der Waals surface area contributed by atoms with Gasteiger partial charge < -0.3 is 5.11 Å². The second kappa shape index (κ2) is 3.34. The van der Waals surface area contributed by atoms with E-state index < -0.39 is 5.41 Å². The highest BCUT2D eigenvalue weighted by Gasteiger charge is 2.53. The Balaban J connectivity index is 2.34. The number of fused-ring (bicyclic) bond motifs is 1. The summed E-state index contributed by atoms with van der Waals surface area (Å²) in [6.07, 6.45) is 4.30. The molecule has 2 rings (SSSR count). The Morgan fingerprint density at radius 1 is 1.36 bits per heavy atom. The minimum Gasteiger partial charge on any atom is -0.392 e. The molecular weight excluding hydrogens is 176 g/mol.